The summed E-state index contributed by atoms with van der Waals surface area (Å²) < 4.78 is 13.9. The first-order valence-corrected chi connectivity index (χ1v) is 6.71. The lowest BCUT2D eigenvalue weighted by atomic mass is 10.2. The molecule has 5 heteroatoms. The van der Waals surface area contributed by atoms with E-state index in [-0.39, 0.29) is 16.5 Å². The number of carbonyl (C=O) groups excluding carboxylic acids is 1. The van der Waals surface area contributed by atoms with Crippen molar-refractivity contribution in [2.24, 2.45) is 0 Å². The fraction of sp³-hybridized carbons (Fsp3) is 0.0714. The molecule has 0 unspecified atom stereocenters. The molecule has 0 heterocycles. The van der Waals surface area contributed by atoms with Gasteiger partial charge in [0, 0.05) is 11.0 Å². The first-order valence-electron chi connectivity index (χ1n) is 5.54. The summed E-state index contributed by atoms with van der Waals surface area (Å²) in [6, 6.07) is 11.3. The van der Waals surface area contributed by atoms with Crippen molar-refractivity contribution in [2.75, 3.05) is 0 Å². The molecule has 0 aliphatic rings. The van der Waals surface area contributed by atoms with Crippen LogP contribution in [-0.2, 0) is 6.54 Å². The van der Waals surface area contributed by atoms with E-state index in [0.29, 0.717) is 6.54 Å². The zero-order valence-corrected chi connectivity index (χ0v) is 12.1. The lowest BCUT2D eigenvalue weighted by molar-refractivity contribution is 0.0951. The molecule has 0 aliphatic heterocycles. The summed E-state index contributed by atoms with van der Waals surface area (Å²) in [7, 11) is 0. The van der Waals surface area contributed by atoms with Crippen molar-refractivity contribution < 1.29 is 9.18 Å². The van der Waals surface area contributed by atoms with Crippen LogP contribution >= 0.6 is 27.5 Å². The van der Waals surface area contributed by atoms with Gasteiger partial charge in [-0.1, -0.05) is 39.7 Å². The second kappa shape index (κ2) is 6.17. The van der Waals surface area contributed by atoms with Crippen LogP contribution in [0.1, 0.15) is 15.9 Å². The number of halogens is 3. The minimum Gasteiger partial charge on any atom is -0.348 e. The molecule has 0 fully saturated rings. The van der Waals surface area contributed by atoms with Crippen molar-refractivity contribution in [1.29, 1.82) is 0 Å². The van der Waals surface area contributed by atoms with Gasteiger partial charge in [0.1, 0.15) is 5.82 Å². The third kappa shape index (κ3) is 3.78. The molecule has 0 saturated heterocycles. The zero-order valence-electron chi connectivity index (χ0n) is 9.79. The number of amides is 1. The molecule has 0 atom stereocenters. The van der Waals surface area contributed by atoms with Gasteiger partial charge in [-0.3, -0.25) is 4.79 Å². The molecule has 1 amide bonds. The van der Waals surface area contributed by atoms with Gasteiger partial charge in [0.15, 0.2) is 0 Å². The van der Waals surface area contributed by atoms with Gasteiger partial charge in [0.2, 0.25) is 0 Å². The van der Waals surface area contributed by atoms with Gasteiger partial charge in [0.25, 0.3) is 5.91 Å². The van der Waals surface area contributed by atoms with Gasteiger partial charge in [-0.15, -0.1) is 0 Å². The maximum absolute atomic E-state index is 12.9. The molecule has 2 aromatic rings. The number of rotatable bonds is 3. The molecule has 1 N–H and O–H groups in total. The summed E-state index contributed by atoms with van der Waals surface area (Å²) in [5.74, 6) is -0.789. The molecule has 0 aliphatic carbocycles. The zero-order chi connectivity index (χ0) is 13.8. The van der Waals surface area contributed by atoms with Gasteiger partial charge in [-0.2, -0.15) is 0 Å². The summed E-state index contributed by atoms with van der Waals surface area (Å²) in [4.78, 5) is 11.9. The minimum absolute atomic E-state index is 0.105. The molecular weight excluding hydrogens is 333 g/mol. The summed E-state index contributed by atoms with van der Waals surface area (Å²) in [6.07, 6.45) is 0. The number of nitrogens with one attached hydrogen (secondary N) is 1. The highest BCUT2D eigenvalue weighted by Crippen LogP contribution is 2.17. The molecule has 19 heavy (non-hydrogen) atoms. The van der Waals surface area contributed by atoms with E-state index < -0.39 is 5.82 Å². The van der Waals surface area contributed by atoms with E-state index in [1.165, 1.54) is 12.1 Å². The van der Waals surface area contributed by atoms with Crippen LogP contribution in [0.3, 0.4) is 0 Å². The summed E-state index contributed by atoms with van der Waals surface area (Å²) in [5, 5.41) is 2.84. The first-order chi connectivity index (χ1) is 9.06. The smallest absolute Gasteiger partial charge is 0.253 e. The van der Waals surface area contributed by atoms with E-state index in [1.807, 2.05) is 24.3 Å². The Labute approximate surface area is 123 Å². The Balaban J connectivity index is 2.03. The molecule has 0 spiro atoms. The molecule has 2 rings (SSSR count). The van der Waals surface area contributed by atoms with Crippen LogP contribution in [0.5, 0.6) is 0 Å². The molecule has 0 aromatic heterocycles. The SMILES string of the molecule is O=C(NCc1ccc(Br)cc1)c1ccc(F)cc1Cl. The highest BCUT2D eigenvalue weighted by atomic mass is 79.9. The van der Waals surface area contributed by atoms with Gasteiger partial charge in [0.05, 0.1) is 10.6 Å². The summed E-state index contributed by atoms with van der Waals surface area (Å²) in [6.45, 7) is 0.389. The maximum Gasteiger partial charge on any atom is 0.253 e. The normalized spacial score (nSPS) is 10.3. The predicted molar refractivity (Wildman–Crippen MR) is 76.7 cm³/mol. The van der Waals surface area contributed by atoms with Crippen LogP contribution in [0.2, 0.25) is 5.02 Å². The Kier molecular flexibility index (Phi) is 4.56. The fourth-order valence-electron chi connectivity index (χ4n) is 1.55. The Bertz CT molecular complexity index is 601. The minimum atomic E-state index is -0.463. The van der Waals surface area contributed by atoms with E-state index in [4.69, 9.17) is 11.6 Å². The van der Waals surface area contributed by atoms with Gasteiger partial charge < -0.3 is 5.32 Å². The standard InChI is InChI=1S/C14H10BrClFNO/c15-10-3-1-9(2-4-10)8-18-14(19)12-6-5-11(17)7-13(12)16/h1-7H,8H2,(H,18,19). The third-order valence-electron chi connectivity index (χ3n) is 2.54. The fourth-order valence-corrected chi connectivity index (χ4v) is 2.07. The molecule has 0 saturated carbocycles. The molecule has 0 radical (unpaired) electrons. The van der Waals surface area contributed by atoms with Crippen LogP contribution in [0, 0.1) is 5.82 Å². The second-order valence-electron chi connectivity index (χ2n) is 3.93. The van der Waals surface area contributed by atoms with Crippen LogP contribution in [-0.4, -0.2) is 5.91 Å². The Morgan fingerprint density at radius 1 is 1.21 bits per heavy atom. The number of hydrogen-bond acceptors (Lipinski definition) is 1. The van der Waals surface area contributed by atoms with E-state index in [9.17, 15) is 9.18 Å². The number of benzene rings is 2. The average molecular weight is 343 g/mol. The molecule has 2 aromatic carbocycles. The Morgan fingerprint density at radius 3 is 2.53 bits per heavy atom. The monoisotopic (exact) mass is 341 g/mol. The van der Waals surface area contributed by atoms with Crippen molar-refractivity contribution >= 4 is 33.4 Å². The Hall–Kier alpha value is -1.39. The van der Waals surface area contributed by atoms with Crippen molar-refractivity contribution in [1.82, 2.24) is 5.32 Å². The maximum atomic E-state index is 12.9. The molecular formula is C14H10BrClFNO. The number of hydrogen-bond donors (Lipinski definition) is 1. The number of carbonyl (C=O) groups is 1. The van der Waals surface area contributed by atoms with Crippen molar-refractivity contribution in [3.8, 4) is 0 Å². The quantitative estimate of drug-likeness (QED) is 0.891. The van der Waals surface area contributed by atoms with Crippen LogP contribution in [0.4, 0.5) is 4.39 Å². The summed E-state index contributed by atoms with van der Waals surface area (Å²) >= 11 is 9.16. The first kappa shape index (κ1) is 14.0. The van der Waals surface area contributed by atoms with Gasteiger partial charge in [-0.25, -0.2) is 4.39 Å². The second-order valence-corrected chi connectivity index (χ2v) is 5.26. The van der Waals surface area contributed by atoms with E-state index in [0.717, 1.165) is 16.1 Å². The lowest BCUT2D eigenvalue weighted by Gasteiger charge is -2.07. The van der Waals surface area contributed by atoms with Gasteiger partial charge in [-0.05, 0) is 35.9 Å². The third-order valence-corrected chi connectivity index (χ3v) is 3.38. The average Bonchev–Trinajstić information content (AvgIpc) is 2.37. The van der Waals surface area contributed by atoms with E-state index in [2.05, 4.69) is 21.2 Å². The molecule has 98 valence electrons. The van der Waals surface area contributed by atoms with E-state index >= 15 is 0 Å². The summed E-state index contributed by atoms with van der Waals surface area (Å²) in [5.41, 5.74) is 1.23. The largest absolute Gasteiger partial charge is 0.348 e. The predicted octanol–water partition coefficient (Wildman–Crippen LogP) is 4.17. The topological polar surface area (TPSA) is 29.1 Å². The molecule has 0 bridgehead atoms. The van der Waals surface area contributed by atoms with Crippen molar-refractivity contribution in [3.05, 3.63) is 68.9 Å². The Morgan fingerprint density at radius 2 is 1.89 bits per heavy atom. The highest BCUT2D eigenvalue weighted by Gasteiger charge is 2.10. The van der Waals surface area contributed by atoms with Crippen molar-refractivity contribution in [2.45, 2.75) is 6.54 Å². The van der Waals surface area contributed by atoms with Gasteiger partial charge >= 0.3 is 0 Å². The van der Waals surface area contributed by atoms with Crippen LogP contribution in [0.25, 0.3) is 0 Å². The van der Waals surface area contributed by atoms with Crippen LogP contribution < -0.4 is 5.32 Å². The highest BCUT2D eigenvalue weighted by molar-refractivity contribution is 9.10. The van der Waals surface area contributed by atoms with Crippen LogP contribution in [0.15, 0.2) is 46.9 Å². The lowest BCUT2D eigenvalue weighted by Crippen LogP contribution is -2.23. The molecule has 2 nitrogen and oxygen atoms in total. The van der Waals surface area contributed by atoms with Crippen molar-refractivity contribution in [3.63, 3.8) is 0 Å². The van der Waals surface area contributed by atoms with E-state index in [1.54, 1.807) is 0 Å².